The third kappa shape index (κ3) is 3.95. The molecule has 3 N–H and O–H groups in total. The zero-order valence-corrected chi connectivity index (χ0v) is 14.8. The maximum atomic E-state index is 12.6. The minimum Gasteiger partial charge on any atom is -0.497 e. The highest BCUT2D eigenvalue weighted by Gasteiger charge is 2.32. The van der Waals surface area contributed by atoms with E-state index in [-0.39, 0.29) is 11.3 Å². The van der Waals surface area contributed by atoms with Crippen LogP contribution in [0.5, 0.6) is 5.75 Å². The molecule has 0 radical (unpaired) electrons. The lowest BCUT2D eigenvalue weighted by Crippen LogP contribution is -2.51. The highest BCUT2D eigenvalue weighted by Crippen LogP contribution is 2.25. The molecule has 0 aromatic heterocycles. The van der Waals surface area contributed by atoms with E-state index < -0.39 is 5.54 Å². The SMILES string of the molecule is COc1ccc(C(C)(C)CNC(=O)C(C)(N)c2ccccc2)cc1. The van der Waals surface area contributed by atoms with Gasteiger partial charge in [0.2, 0.25) is 5.91 Å². The fraction of sp³-hybridized carbons (Fsp3) is 0.350. The Kier molecular flexibility index (Phi) is 5.30. The highest BCUT2D eigenvalue weighted by molar-refractivity contribution is 5.87. The number of nitrogens with one attached hydrogen (secondary N) is 1. The van der Waals surface area contributed by atoms with Crippen molar-refractivity contribution in [3.05, 3.63) is 65.7 Å². The summed E-state index contributed by atoms with van der Waals surface area (Å²) in [4.78, 5) is 12.6. The van der Waals surface area contributed by atoms with Gasteiger partial charge in [0.05, 0.1) is 7.11 Å². The van der Waals surface area contributed by atoms with Gasteiger partial charge in [-0.1, -0.05) is 56.3 Å². The van der Waals surface area contributed by atoms with E-state index in [0.29, 0.717) is 6.54 Å². The number of nitrogens with two attached hydrogens (primary N) is 1. The summed E-state index contributed by atoms with van der Waals surface area (Å²) in [5.74, 6) is 0.632. The van der Waals surface area contributed by atoms with E-state index in [1.165, 1.54) is 0 Å². The van der Waals surface area contributed by atoms with Crippen LogP contribution in [-0.2, 0) is 15.7 Å². The second kappa shape index (κ2) is 7.05. The summed E-state index contributed by atoms with van der Waals surface area (Å²) in [6.07, 6.45) is 0. The topological polar surface area (TPSA) is 64.3 Å². The van der Waals surface area contributed by atoms with Crippen LogP contribution < -0.4 is 15.8 Å². The molecule has 0 heterocycles. The number of rotatable bonds is 6. The molecule has 2 aromatic rings. The molecule has 4 nitrogen and oxygen atoms in total. The first kappa shape index (κ1) is 18.0. The smallest absolute Gasteiger partial charge is 0.244 e. The van der Waals surface area contributed by atoms with Gasteiger partial charge in [0.25, 0.3) is 0 Å². The van der Waals surface area contributed by atoms with Crippen LogP contribution in [-0.4, -0.2) is 19.6 Å². The van der Waals surface area contributed by atoms with Crippen molar-refractivity contribution in [2.45, 2.75) is 31.7 Å². The normalized spacial score (nSPS) is 13.9. The summed E-state index contributed by atoms with van der Waals surface area (Å²) in [5, 5.41) is 2.99. The molecule has 128 valence electrons. The Labute approximate surface area is 144 Å². The molecular weight excluding hydrogens is 300 g/mol. The van der Waals surface area contributed by atoms with E-state index in [0.717, 1.165) is 16.9 Å². The lowest BCUT2D eigenvalue weighted by atomic mass is 9.84. The van der Waals surface area contributed by atoms with Crippen LogP contribution in [0, 0.1) is 0 Å². The maximum absolute atomic E-state index is 12.6. The van der Waals surface area contributed by atoms with Crippen LogP contribution in [0.1, 0.15) is 31.9 Å². The predicted molar refractivity (Wildman–Crippen MR) is 97.0 cm³/mol. The van der Waals surface area contributed by atoms with E-state index in [2.05, 4.69) is 19.2 Å². The zero-order valence-electron chi connectivity index (χ0n) is 14.8. The first-order chi connectivity index (χ1) is 11.3. The van der Waals surface area contributed by atoms with Gasteiger partial charge in [-0.25, -0.2) is 0 Å². The summed E-state index contributed by atoms with van der Waals surface area (Å²) < 4.78 is 5.19. The number of ether oxygens (including phenoxy) is 1. The van der Waals surface area contributed by atoms with Crippen molar-refractivity contribution < 1.29 is 9.53 Å². The van der Waals surface area contributed by atoms with Crippen LogP contribution in [0.25, 0.3) is 0 Å². The minimum absolute atomic E-state index is 0.185. The number of benzene rings is 2. The minimum atomic E-state index is -1.06. The van der Waals surface area contributed by atoms with E-state index >= 15 is 0 Å². The van der Waals surface area contributed by atoms with Gasteiger partial charge in [-0.15, -0.1) is 0 Å². The standard InChI is InChI=1S/C20H26N2O2/c1-19(2,15-10-12-17(24-4)13-11-15)14-22-18(23)20(3,21)16-8-6-5-7-9-16/h5-13H,14,21H2,1-4H3,(H,22,23). The molecule has 0 fully saturated rings. The summed E-state index contributed by atoms with van der Waals surface area (Å²) in [7, 11) is 1.64. The van der Waals surface area contributed by atoms with E-state index in [1.807, 2.05) is 54.6 Å². The van der Waals surface area contributed by atoms with Crippen molar-refractivity contribution in [3.63, 3.8) is 0 Å². The van der Waals surface area contributed by atoms with Gasteiger partial charge in [0, 0.05) is 12.0 Å². The Bertz CT molecular complexity index is 677. The van der Waals surface area contributed by atoms with Crippen molar-refractivity contribution in [1.82, 2.24) is 5.32 Å². The lowest BCUT2D eigenvalue weighted by Gasteiger charge is -2.29. The Morgan fingerprint density at radius 2 is 1.58 bits per heavy atom. The summed E-state index contributed by atoms with van der Waals surface area (Å²) in [6, 6.07) is 17.3. The summed E-state index contributed by atoms with van der Waals surface area (Å²) >= 11 is 0. The van der Waals surface area contributed by atoms with Crippen molar-refractivity contribution in [3.8, 4) is 5.75 Å². The molecule has 1 unspecified atom stereocenters. The second-order valence-electron chi connectivity index (χ2n) is 6.86. The number of amides is 1. The van der Waals surface area contributed by atoms with Gasteiger partial charge in [-0.2, -0.15) is 0 Å². The number of methoxy groups -OCH3 is 1. The molecule has 0 spiro atoms. The van der Waals surface area contributed by atoms with E-state index in [1.54, 1.807) is 14.0 Å². The molecule has 0 saturated heterocycles. The molecule has 0 bridgehead atoms. The number of carbonyl (C=O) groups is 1. The molecule has 1 amide bonds. The van der Waals surface area contributed by atoms with Crippen molar-refractivity contribution >= 4 is 5.91 Å². The van der Waals surface area contributed by atoms with E-state index in [9.17, 15) is 4.79 Å². The molecule has 0 aliphatic heterocycles. The Morgan fingerprint density at radius 1 is 1.00 bits per heavy atom. The molecule has 2 aromatic carbocycles. The largest absolute Gasteiger partial charge is 0.497 e. The average molecular weight is 326 g/mol. The van der Waals surface area contributed by atoms with Crippen LogP contribution in [0.3, 0.4) is 0 Å². The van der Waals surface area contributed by atoms with Gasteiger partial charge in [-0.3, -0.25) is 4.79 Å². The first-order valence-corrected chi connectivity index (χ1v) is 8.04. The quantitative estimate of drug-likeness (QED) is 0.858. The van der Waals surface area contributed by atoms with E-state index in [4.69, 9.17) is 10.5 Å². The molecule has 1 atom stereocenters. The zero-order chi connectivity index (χ0) is 17.8. The maximum Gasteiger partial charge on any atom is 0.244 e. The molecule has 0 aliphatic rings. The Hall–Kier alpha value is -2.33. The molecular formula is C20H26N2O2. The van der Waals surface area contributed by atoms with Crippen LogP contribution in [0.2, 0.25) is 0 Å². The van der Waals surface area contributed by atoms with Gasteiger partial charge >= 0.3 is 0 Å². The molecule has 4 heteroatoms. The second-order valence-corrected chi connectivity index (χ2v) is 6.86. The summed E-state index contributed by atoms with van der Waals surface area (Å²) in [6.45, 7) is 6.41. The van der Waals surface area contributed by atoms with Crippen LogP contribution in [0.4, 0.5) is 0 Å². The molecule has 24 heavy (non-hydrogen) atoms. The first-order valence-electron chi connectivity index (χ1n) is 8.04. The third-order valence-electron chi connectivity index (χ3n) is 4.41. The Balaban J connectivity index is 2.06. The lowest BCUT2D eigenvalue weighted by molar-refractivity contribution is -0.126. The third-order valence-corrected chi connectivity index (χ3v) is 4.41. The van der Waals surface area contributed by atoms with Gasteiger partial charge in [0.15, 0.2) is 0 Å². The highest BCUT2D eigenvalue weighted by atomic mass is 16.5. The number of hydrogen-bond donors (Lipinski definition) is 2. The molecule has 0 saturated carbocycles. The fourth-order valence-corrected chi connectivity index (χ4v) is 2.54. The van der Waals surface area contributed by atoms with Crippen LogP contribution >= 0.6 is 0 Å². The average Bonchev–Trinajstić information content (AvgIpc) is 2.60. The molecule has 2 rings (SSSR count). The van der Waals surface area contributed by atoms with Crippen molar-refractivity contribution in [2.75, 3.05) is 13.7 Å². The summed E-state index contributed by atoms with van der Waals surface area (Å²) in [5.41, 5.74) is 6.91. The van der Waals surface area contributed by atoms with Crippen molar-refractivity contribution in [1.29, 1.82) is 0 Å². The Morgan fingerprint density at radius 3 is 2.12 bits per heavy atom. The monoisotopic (exact) mass is 326 g/mol. The van der Waals surface area contributed by atoms with Crippen molar-refractivity contribution in [2.24, 2.45) is 5.73 Å². The number of hydrogen-bond acceptors (Lipinski definition) is 3. The van der Waals surface area contributed by atoms with Gasteiger partial charge < -0.3 is 15.8 Å². The van der Waals surface area contributed by atoms with Crippen LogP contribution in [0.15, 0.2) is 54.6 Å². The predicted octanol–water partition coefficient (Wildman–Crippen LogP) is 2.96. The molecule has 0 aliphatic carbocycles. The van der Waals surface area contributed by atoms with Gasteiger partial charge in [-0.05, 0) is 30.2 Å². The fourth-order valence-electron chi connectivity index (χ4n) is 2.54. The van der Waals surface area contributed by atoms with Gasteiger partial charge in [0.1, 0.15) is 11.3 Å². The number of carbonyl (C=O) groups excluding carboxylic acids is 1.